The lowest BCUT2D eigenvalue weighted by molar-refractivity contribution is 0.669. The molecule has 11 rings (SSSR count). The molecule has 0 spiro atoms. The number of thiophene rings is 1. The second-order valence-electron chi connectivity index (χ2n) is 13.2. The van der Waals surface area contributed by atoms with E-state index < -0.39 is 0 Å². The van der Waals surface area contributed by atoms with Gasteiger partial charge in [0.1, 0.15) is 11.2 Å². The lowest BCUT2D eigenvalue weighted by atomic mass is 9.92. The van der Waals surface area contributed by atoms with E-state index in [0.29, 0.717) is 17.5 Å². The molecule has 8 aromatic carbocycles. The Kier molecular flexibility index (Phi) is 6.39. The first kappa shape index (κ1) is 29.1. The van der Waals surface area contributed by atoms with Gasteiger partial charge in [0.2, 0.25) is 0 Å². The highest BCUT2D eigenvalue weighted by atomic mass is 32.1. The van der Waals surface area contributed by atoms with Crippen molar-refractivity contribution < 1.29 is 4.42 Å². The topological polar surface area (TPSA) is 51.8 Å². The third kappa shape index (κ3) is 4.57. The number of aromatic nitrogens is 3. The highest BCUT2D eigenvalue weighted by Gasteiger charge is 2.19. The van der Waals surface area contributed by atoms with E-state index in [1.807, 2.05) is 72.0 Å². The van der Waals surface area contributed by atoms with E-state index >= 15 is 0 Å². The Morgan fingerprint density at radius 3 is 1.65 bits per heavy atom. The molecule has 0 fully saturated rings. The minimum absolute atomic E-state index is 0.640. The summed E-state index contributed by atoms with van der Waals surface area (Å²) in [7, 11) is 0. The fourth-order valence-corrected chi connectivity index (χ4v) is 8.82. The molecule has 3 aromatic heterocycles. The van der Waals surface area contributed by atoms with Crippen LogP contribution < -0.4 is 0 Å². The van der Waals surface area contributed by atoms with Gasteiger partial charge in [-0.3, -0.25) is 0 Å². The molecule has 0 aliphatic rings. The SMILES string of the molecule is c1ccc(-c2nc(-c3ccccc3)nc(-c3cccc4c(-c5cccc6oc7cc8sc9cc%10ccccc%10cc9c8cc7c56)cccc34)n2)cc1. The second-order valence-corrected chi connectivity index (χ2v) is 14.3. The van der Waals surface area contributed by atoms with Gasteiger partial charge in [0.05, 0.1) is 0 Å². The molecular weight excluding hydrogens is 655 g/mol. The Balaban J connectivity index is 1.13. The zero-order valence-corrected chi connectivity index (χ0v) is 28.6. The van der Waals surface area contributed by atoms with E-state index in [9.17, 15) is 0 Å². The molecule has 4 nitrogen and oxygen atoms in total. The van der Waals surface area contributed by atoms with Gasteiger partial charge in [0.15, 0.2) is 17.5 Å². The largest absolute Gasteiger partial charge is 0.456 e. The third-order valence-corrected chi connectivity index (χ3v) is 11.2. The second kappa shape index (κ2) is 11.4. The van der Waals surface area contributed by atoms with Crippen LogP contribution in [0.3, 0.4) is 0 Å². The fourth-order valence-electron chi connectivity index (χ4n) is 7.67. The van der Waals surface area contributed by atoms with Gasteiger partial charge in [0.25, 0.3) is 0 Å². The summed E-state index contributed by atoms with van der Waals surface area (Å²) in [4.78, 5) is 15.1. The zero-order valence-electron chi connectivity index (χ0n) is 27.7. The van der Waals surface area contributed by atoms with Crippen LogP contribution >= 0.6 is 11.3 Å². The van der Waals surface area contributed by atoms with Crippen molar-refractivity contribution in [2.24, 2.45) is 0 Å². The van der Waals surface area contributed by atoms with E-state index in [-0.39, 0.29) is 0 Å². The van der Waals surface area contributed by atoms with E-state index in [2.05, 4.69) is 103 Å². The highest BCUT2D eigenvalue weighted by Crippen LogP contribution is 2.44. The van der Waals surface area contributed by atoms with Crippen molar-refractivity contribution in [3.05, 3.63) is 164 Å². The fraction of sp³-hybridized carbons (Fsp3) is 0. The molecule has 0 aliphatic carbocycles. The van der Waals surface area contributed by atoms with Crippen LogP contribution in [0.5, 0.6) is 0 Å². The molecule has 0 radical (unpaired) electrons. The molecule has 0 N–H and O–H groups in total. The summed E-state index contributed by atoms with van der Waals surface area (Å²) in [6.07, 6.45) is 0. The summed E-state index contributed by atoms with van der Waals surface area (Å²) >= 11 is 1.83. The Bertz CT molecular complexity index is 3120. The molecule has 0 unspecified atom stereocenters. The van der Waals surface area contributed by atoms with Crippen LogP contribution in [-0.2, 0) is 0 Å². The predicted octanol–water partition coefficient (Wildman–Crippen LogP) is 13.1. The van der Waals surface area contributed by atoms with E-state index in [1.54, 1.807) is 0 Å². The number of hydrogen-bond donors (Lipinski definition) is 0. The van der Waals surface area contributed by atoms with Crippen molar-refractivity contribution in [3.63, 3.8) is 0 Å². The highest BCUT2D eigenvalue weighted by molar-refractivity contribution is 7.26. The smallest absolute Gasteiger partial charge is 0.164 e. The summed E-state index contributed by atoms with van der Waals surface area (Å²) in [6, 6.07) is 57.3. The Morgan fingerprint density at radius 2 is 0.923 bits per heavy atom. The number of rotatable bonds is 4. The Morgan fingerprint density at radius 1 is 0.365 bits per heavy atom. The van der Waals surface area contributed by atoms with Crippen molar-refractivity contribution in [1.29, 1.82) is 0 Å². The molecule has 0 amide bonds. The number of fused-ring (bicyclic) bond motifs is 8. The van der Waals surface area contributed by atoms with Crippen molar-refractivity contribution in [1.82, 2.24) is 15.0 Å². The van der Waals surface area contributed by atoms with Crippen LogP contribution in [-0.4, -0.2) is 15.0 Å². The van der Waals surface area contributed by atoms with Gasteiger partial charge in [-0.25, -0.2) is 15.0 Å². The summed E-state index contributed by atoms with van der Waals surface area (Å²) in [5, 5.41) is 9.50. The number of furan rings is 1. The molecule has 0 saturated heterocycles. The van der Waals surface area contributed by atoms with Gasteiger partial charge in [-0.15, -0.1) is 11.3 Å². The predicted molar refractivity (Wildman–Crippen MR) is 217 cm³/mol. The first-order chi connectivity index (χ1) is 25.7. The molecule has 0 saturated carbocycles. The van der Waals surface area contributed by atoms with Crippen LogP contribution in [0.4, 0.5) is 0 Å². The summed E-state index contributed by atoms with van der Waals surface area (Å²) in [5.41, 5.74) is 6.90. The van der Waals surface area contributed by atoms with Gasteiger partial charge in [-0.2, -0.15) is 0 Å². The van der Waals surface area contributed by atoms with Crippen LogP contribution in [0, 0.1) is 0 Å². The average Bonchev–Trinajstić information content (AvgIpc) is 3.75. The van der Waals surface area contributed by atoms with Crippen molar-refractivity contribution in [2.75, 3.05) is 0 Å². The van der Waals surface area contributed by atoms with Gasteiger partial charge < -0.3 is 4.42 Å². The molecule has 0 atom stereocenters. The molecule has 52 heavy (non-hydrogen) atoms. The monoisotopic (exact) mass is 681 g/mol. The number of benzene rings is 8. The molecule has 242 valence electrons. The molecule has 0 aliphatic heterocycles. The first-order valence-electron chi connectivity index (χ1n) is 17.3. The number of nitrogens with zero attached hydrogens (tertiary/aromatic N) is 3. The van der Waals surface area contributed by atoms with Crippen LogP contribution in [0.15, 0.2) is 168 Å². The van der Waals surface area contributed by atoms with Crippen LogP contribution in [0.25, 0.3) is 109 Å². The molecule has 5 heteroatoms. The Labute approximate surface area is 302 Å². The van der Waals surface area contributed by atoms with E-state index in [0.717, 1.165) is 60.5 Å². The lowest BCUT2D eigenvalue weighted by Gasteiger charge is -2.13. The van der Waals surface area contributed by atoms with Crippen LogP contribution in [0.1, 0.15) is 0 Å². The zero-order chi connectivity index (χ0) is 34.2. The first-order valence-corrected chi connectivity index (χ1v) is 18.2. The quantitative estimate of drug-likeness (QED) is 0.185. The standard InChI is InChI=1S/C47H27N3OS/c1-3-12-28(13-4-1)45-48-46(29-14-5-2-6-15-29)50-47(49-45)36-22-10-18-32-33(19-9-20-34(32)36)35-21-11-23-40-44(35)39-26-38-37-24-30-16-7-8-17-31(30)25-42(37)52-43(38)27-41(39)51-40/h1-27H. The van der Waals surface area contributed by atoms with E-state index in [1.165, 1.54) is 30.9 Å². The molecule has 0 bridgehead atoms. The van der Waals surface area contributed by atoms with Gasteiger partial charge in [-0.05, 0) is 63.0 Å². The normalized spacial score (nSPS) is 11.8. The lowest BCUT2D eigenvalue weighted by Crippen LogP contribution is -2.00. The molecule has 11 aromatic rings. The summed E-state index contributed by atoms with van der Waals surface area (Å²) < 4.78 is 9.11. The van der Waals surface area contributed by atoms with Gasteiger partial charge >= 0.3 is 0 Å². The average molecular weight is 682 g/mol. The summed E-state index contributed by atoms with van der Waals surface area (Å²) in [6.45, 7) is 0. The maximum Gasteiger partial charge on any atom is 0.164 e. The number of hydrogen-bond acceptors (Lipinski definition) is 5. The summed E-state index contributed by atoms with van der Waals surface area (Å²) in [5.74, 6) is 1.93. The van der Waals surface area contributed by atoms with Crippen LogP contribution in [0.2, 0.25) is 0 Å². The van der Waals surface area contributed by atoms with Crippen molar-refractivity contribution in [2.45, 2.75) is 0 Å². The Hall–Kier alpha value is -6.69. The third-order valence-electron chi connectivity index (χ3n) is 10.1. The van der Waals surface area contributed by atoms with Crippen molar-refractivity contribution >= 4 is 75.0 Å². The van der Waals surface area contributed by atoms with Crippen molar-refractivity contribution in [3.8, 4) is 45.3 Å². The van der Waals surface area contributed by atoms with Gasteiger partial charge in [0, 0.05) is 47.6 Å². The minimum atomic E-state index is 0.640. The molecular formula is C47H27N3OS. The maximum atomic E-state index is 6.59. The molecule has 3 heterocycles. The minimum Gasteiger partial charge on any atom is -0.456 e. The maximum absolute atomic E-state index is 6.59. The van der Waals surface area contributed by atoms with E-state index in [4.69, 9.17) is 19.4 Å². The van der Waals surface area contributed by atoms with Gasteiger partial charge in [-0.1, -0.05) is 133 Å².